The van der Waals surface area contributed by atoms with Crippen LogP contribution in [0.5, 0.6) is 0 Å². The number of hydrogen-bond donors (Lipinski definition) is 2. The zero-order valence-corrected chi connectivity index (χ0v) is 11.6. The third-order valence-corrected chi connectivity index (χ3v) is 2.72. The Morgan fingerprint density at radius 2 is 1.74 bits per heavy atom. The summed E-state index contributed by atoms with van der Waals surface area (Å²) in [5, 5.41) is 5.57. The Morgan fingerprint density at radius 1 is 1.05 bits per heavy atom. The summed E-state index contributed by atoms with van der Waals surface area (Å²) in [6.45, 7) is 5.29. The van der Waals surface area contributed by atoms with E-state index >= 15 is 0 Å². The van der Waals surface area contributed by atoms with Crippen LogP contribution in [-0.2, 0) is 4.79 Å². The number of hydrogen-bond acceptors (Lipinski definition) is 2. The first-order valence-electron chi connectivity index (χ1n) is 6.69. The molecule has 19 heavy (non-hydrogen) atoms. The lowest BCUT2D eigenvalue weighted by Gasteiger charge is -2.08. The molecule has 0 aliphatic rings. The smallest absolute Gasteiger partial charge is 0.251 e. The van der Waals surface area contributed by atoms with Gasteiger partial charge in [-0.15, -0.1) is 0 Å². The second-order valence-corrected chi connectivity index (χ2v) is 4.90. The summed E-state index contributed by atoms with van der Waals surface area (Å²) < 4.78 is 0. The molecular formula is C15H22N2O2. The Labute approximate surface area is 114 Å². The lowest BCUT2D eigenvalue weighted by molar-refractivity contribution is -0.120. The SMILES string of the molecule is CC(C)CCNC(=O)CCNC(=O)c1ccccc1. The number of amides is 2. The van der Waals surface area contributed by atoms with E-state index in [4.69, 9.17) is 0 Å². The summed E-state index contributed by atoms with van der Waals surface area (Å²) in [6, 6.07) is 8.98. The molecule has 104 valence electrons. The number of benzene rings is 1. The fourth-order valence-electron chi connectivity index (χ4n) is 1.57. The number of rotatable bonds is 7. The van der Waals surface area contributed by atoms with Gasteiger partial charge in [0.15, 0.2) is 0 Å². The van der Waals surface area contributed by atoms with Crippen molar-refractivity contribution in [1.29, 1.82) is 0 Å². The zero-order valence-electron chi connectivity index (χ0n) is 11.6. The molecule has 0 spiro atoms. The van der Waals surface area contributed by atoms with E-state index in [2.05, 4.69) is 24.5 Å². The molecule has 0 fully saturated rings. The quantitative estimate of drug-likeness (QED) is 0.789. The number of carbonyl (C=O) groups excluding carboxylic acids is 2. The van der Waals surface area contributed by atoms with E-state index in [-0.39, 0.29) is 11.8 Å². The summed E-state index contributed by atoms with van der Waals surface area (Å²) in [7, 11) is 0. The maximum Gasteiger partial charge on any atom is 0.251 e. The van der Waals surface area contributed by atoms with Crippen LogP contribution in [0.15, 0.2) is 30.3 Å². The third kappa shape index (κ3) is 6.60. The second-order valence-electron chi connectivity index (χ2n) is 4.90. The van der Waals surface area contributed by atoms with Gasteiger partial charge in [-0.1, -0.05) is 32.0 Å². The van der Waals surface area contributed by atoms with E-state index in [1.165, 1.54) is 0 Å². The van der Waals surface area contributed by atoms with Crippen molar-refractivity contribution in [2.24, 2.45) is 5.92 Å². The van der Waals surface area contributed by atoms with Crippen molar-refractivity contribution < 1.29 is 9.59 Å². The Kier molecular flexibility index (Phi) is 6.64. The molecule has 2 amide bonds. The Hall–Kier alpha value is -1.84. The molecule has 0 aliphatic heterocycles. The average molecular weight is 262 g/mol. The molecule has 0 heterocycles. The van der Waals surface area contributed by atoms with E-state index < -0.39 is 0 Å². The average Bonchev–Trinajstić information content (AvgIpc) is 2.39. The van der Waals surface area contributed by atoms with Crippen LogP contribution < -0.4 is 10.6 Å². The van der Waals surface area contributed by atoms with E-state index in [0.717, 1.165) is 6.42 Å². The van der Waals surface area contributed by atoms with Crippen LogP contribution in [0.4, 0.5) is 0 Å². The normalized spacial score (nSPS) is 10.3. The van der Waals surface area contributed by atoms with Gasteiger partial charge >= 0.3 is 0 Å². The molecule has 0 atom stereocenters. The van der Waals surface area contributed by atoms with Crippen molar-refractivity contribution in [1.82, 2.24) is 10.6 Å². The molecule has 0 aliphatic carbocycles. The number of nitrogens with one attached hydrogen (secondary N) is 2. The second kappa shape index (κ2) is 8.29. The van der Waals surface area contributed by atoms with Crippen molar-refractivity contribution in [3.63, 3.8) is 0 Å². The monoisotopic (exact) mass is 262 g/mol. The van der Waals surface area contributed by atoms with Crippen molar-refractivity contribution >= 4 is 11.8 Å². The molecule has 0 aromatic heterocycles. The molecule has 4 nitrogen and oxygen atoms in total. The van der Waals surface area contributed by atoms with Crippen LogP contribution in [0.1, 0.15) is 37.0 Å². The van der Waals surface area contributed by atoms with E-state index in [9.17, 15) is 9.59 Å². The predicted octanol–water partition coefficient (Wildman–Crippen LogP) is 1.97. The summed E-state index contributed by atoms with van der Waals surface area (Å²) >= 11 is 0. The van der Waals surface area contributed by atoms with Crippen molar-refractivity contribution in [3.05, 3.63) is 35.9 Å². The summed E-state index contributed by atoms with van der Waals surface area (Å²) in [6.07, 6.45) is 1.29. The largest absolute Gasteiger partial charge is 0.356 e. The maximum absolute atomic E-state index is 11.7. The summed E-state index contributed by atoms with van der Waals surface area (Å²) in [5.41, 5.74) is 0.614. The van der Waals surface area contributed by atoms with Gasteiger partial charge in [0.05, 0.1) is 0 Å². The zero-order chi connectivity index (χ0) is 14.1. The highest BCUT2D eigenvalue weighted by Crippen LogP contribution is 1.98. The van der Waals surface area contributed by atoms with Crippen molar-refractivity contribution in [2.45, 2.75) is 26.7 Å². The third-order valence-electron chi connectivity index (χ3n) is 2.72. The molecule has 0 radical (unpaired) electrons. The lowest BCUT2D eigenvalue weighted by atomic mass is 10.1. The molecule has 4 heteroatoms. The summed E-state index contributed by atoms with van der Waals surface area (Å²) in [5.74, 6) is 0.419. The molecule has 1 aromatic carbocycles. The van der Waals surface area contributed by atoms with Gasteiger partial charge in [-0.2, -0.15) is 0 Å². The van der Waals surface area contributed by atoms with Crippen LogP contribution in [0.2, 0.25) is 0 Å². The lowest BCUT2D eigenvalue weighted by Crippen LogP contribution is -2.31. The van der Waals surface area contributed by atoms with E-state index in [0.29, 0.717) is 31.0 Å². The predicted molar refractivity (Wildman–Crippen MR) is 75.9 cm³/mol. The van der Waals surface area contributed by atoms with Gasteiger partial charge < -0.3 is 10.6 Å². The Bertz CT molecular complexity index is 402. The minimum atomic E-state index is -0.143. The molecule has 1 rings (SSSR count). The molecule has 0 unspecified atom stereocenters. The van der Waals surface area contributed by atoms with E-state index in [1.807, 2.05) is 18.2 Å². The highest BCUT2D eigenvalue weighted by Gasteiger charge is 2.05. The van der Waals surface area contributed by atoms with Crippen LogP contribution in [0, 0.1) is 5.92 Å². The molecule has 0 bridgehead atoms. The minimum Gasteiger partial charge on any atom is -0.356 e. The first-order chi connectivity index (χ1) is 9.09. The molecule has 1 aromatic rings. The first-order valence-corrected chi connectivity index (χ1v) is 6.69. The van der Waals surface area contributed by atoms with Crippen LogP contribution in [0.25, 0.3) is 0 Å². The summed E-state index contributed by atoms with van der Waals surface area (Å²) in [4.78, 5) is 23.2. The van der Waals surface area contributed by atoms with Gasteiger partial charge in [-0.3, -0.25) is 9.59 Å². The highest BCUT2D eigenvalue weighted by atomic mass is 16.2. The van der Waals surface area contributed by atoms with Gasteiger partial charge in [-0.05, 0) is 24.5 Å². The standard InChI is InChI=1S/C15H22N2O2/c1-12(2)8-10-16-14(18)9-11-17-15(19)13-6-4-3-5-7-13/h3-7,12H,8-11H2,1-2H3,(H,16,18)(H,17,19). The van der Waals surface area contributed by atoms with E-state index in [1.54, 1.807) is 12.1 Å². The van der Waals surface area contributed by atoms with Crippen molar-refractivity contribution in [2.75, 3.05) is 13.1 Å². The van der Waals surface area contributed by atoms with Gasteiger partial charge in [0.2, 0.25) is 5.91 Å². The van der Waals surface area contributed by atoms with Gasteiger partial charge in [-0.25, -0.2) is 0 Å². The van der Waals surface area contributed by atoms with Gasteiger partial charge in [0.1, 0.15) is 0 Å². The fourth-order valence-corrected chi connectivity index (χ4v) is 1.57. The molecule has 2 N–H and O–H groups in total. The van der Waals surface area contributed by atoms with Crippen molar-refractivity contribution in [3.8, 4) is 0 Å². The Balaban J connectivity index is 2.16. The van der Waals surface area contributed by atoms with Crippen LogP contribution in [-0.4, -0.2) is 24.9 Å². The van der Waals surface area contributed by atoms with Gasteiger partial charge in [0, 0.05) is 25.1 Å². The highest BCUT2D eigenvalue weighted by molar-refractivity contribution is 5.94. The minimum absolute atomic E-state index is 0.0194. The molecule has 0 saturated carbocycles. The fraction of sp³-hybridized carbons (Fsp3) is 0.467. The van der Waals surface area contributed by atoms with Gasteiger partial charge in [0.25, 0.3) is 5.91 Å². The van der Waals surface area contributed by atoms with Crippen LogP contribution in [0.3, 0.4) is 0 Å². The Morgan fingerprint density at radius 3 is 2.37 bits per heavy atom. The topological polar surface area (TPSA) is 58.2 Å². The molecular weight excluding hydrogens is 240 g/mol. The number of carbonyl (C=O) groups is 2. The molecule has 0 saturated heterocycles. The first kappa shape index (κ1) is 15.2. The maximum atomic E-state index is 11.7. The van der Waals surface area contributed by atoms with Crippen LogP contribution >= 0.6 is 0 Å².